The minimum absolute atomic E-state index is 0.0107. The molecule has 1 aliphatic heterocycles. The molecule has 6 N–H and O–H groups in total. The van der Waals surface area contributed by atoms with Gasteiger partial charge in [0.05, 0.1) is 21.2 Å². The highest BCUT2D eigenvalue weighted by Gasteiger charge is 2.25. The summed E-state index contributed by atoms with van der Waals surface area (Å²) in [6, 6.07) is 2.78. The normalized spacial score (nSPS) is 16.0. The molecule has 1 amide bonds. The molecule has 8 nitrogen and oxygen atoms in total. The third-order valence-electron chi connectivity index (χ3n) is 3.79. The summed E-state index contributed by atoms with van der Waals surface area (Å²) in [7, 11) is -3.59. The Labute approximate surface area is 145 Å². The van der Waals surface area contributed by atoms with E-state index in [2.05, 4.69) is 4.99 Å². The lowest BCUT2D eigenvalue weighted by molar-refractivity contribution is 0.100. The van der Waals surface area contributed by atoms with E-state index in [4.69, 9.17) is 28.8 Å². The Bertz CT molecular complexity index is 782. The van der Waals surface area contributed by atoms with E-state index in [1.54, 1.807) is 0 Å². The molecule has 1 saturated heterocycles. The summed E-state index contributed by atoms with van der Waals surface area (Å²) in [6.07, 6.45) is 2.56. The zero-order valence-electron chi connectivity index (χ0n) is 13.2. The van der Waals surface area contributed by atoms with E-state index in [1.807, 2.05) is 4.90 Å². The maximum absolute atomic E-state index is 12.2. The summed E-state index contributed by atoms with van der Waals surface area (Å²) in [5.41, 5.74) is 16.7. The number of piperidine rings is 1. The van der Waals surface area contributed by atoms with Gasteiger partial charge in [0.15, 0.2) is 15.8 Å². The number of hydrogen-bond acceptors (Lipinski definition) is 5. The Kier molecular flexibility index (Phi) is 5.36. The fraction of sp³-hybridized carbons (Fsp3) is 0.429. The zero-order chi connectivity index (χ0) is 18.1. The van der Waals surface area contributed by atoms with Gasteiger partial charge in [0, 0.05) is 25.4 Å². The van der Waals surface area contributed by atoms with Crippen molar-refractivity contribution in [3.05, 3.63) is 22.7 Å². The van der Waals surface area contributed by atoms with E-state index in [9.17, 15) is 13.2 Å². The summed E-state index contributed by atoms with van der Waals surface area (Å²) in [5.74, 6) is -1.22. The SMILES string of the molecule is CS(=O)(=O)c1cc(C(=O)N=C(N)N)c(Cl)cc1N1CCC(N)CC1. The van der Waals surface area contributed by atoms with Gasteiger partial charge in [-0.1, -0.05) is 11.6 Å². The predicted molar refractivity (Wildman–Crippen MR) is 94.1 cm³/mol. The van der Waals surface area contributed by atoms with Crippen LogP contribution in [0.5, 0.6) is 0 Å². The Balaban J connectivity index is 2.54. The highest BCUT2D eigenvalue weighted by Crippen LogP contribution is 2.33. The van der Waals surface area contributed by atoms with Crippen LogP contribution >= 0.6 is 11.6 Å². The van der Waals surface area contributed by atoms with Crippen LogP contribution in [0.4, 0.5) is 5.69 Å². The molecule has 24 heavy (non-hydrogen) atoms. The summed E-state index contributed by atoms with van der Waals surface area (Å²) in [4.78, 5) is 17.4. The Morgan fingerprint density at radius 3 is 2.38 bits per heavy atom. The number of halogens is 1. The van der Waals surface area contributed by atoms with Crippen LogP contribution in [0, 0.1) is 0 Å². The first-order chi connectivity index (χ1) is 11.1. The van der Waals surface area contributed by atoms with Gasteiger partial charge in [-0.15, -0.1) is 0 Å². The number of aliphatic imine (C=N–C) groups is 1. The molecule has 0 bridgehead atoms. The van der Waals surface area contributed by atoms with Gasteiger partial charge in [-0.2, -0.15) is 4.99 Å². The molecule has 0 spiro atoms. The number of hydrogen-bond donors (Lipinski definition) is 3. The fourth-order valence-corrected chi connectivity index (χ4v) is 3.71. The molecule has 132 valence electrons. The largest absolute Gasteiger partial charge is 0.370 e. The summed E-state index contributed by atoms with van der Waals surface area (Å²) in [6.45, 7) is 1.22. The van der Waals surface area contributed by atoms with Gasteiger partial charge >= 0.3 is 0 Å². The van der Waals surface area contributed by atoms with Crippen molar-refractivity contribution in [1.29, 1.82) is 0 Å². The second-order valence-corrected chi connectivity index (χ2v) is 8.13. The fourth-order valence-electron chi connectivity index (χ4n) is 2.57. The number of nitrogens with zero attached hydrogens (tertiary/aromatic N) is 2. The maximum atomic E-state index is 12.2. The van der Waals surface area contributed by atoms with Crippen LogP contribution < -0.4 is 22.1 Å². The van der Waals surface area contributed by atoms with Crippen molar-refractivity contribution in [2.45, 2.75) is 23.8 Å². The van der Waals surface area contributed by atoms with Crippen LogP contribution in [0.25, 0.3) is 0 Å². The first kappa shape index (κ1) is 18.5. The van der Waals surface area contributed by atoms with Crippen molar-refractivity contribution in [2.24, 2.45) is 22.2 Å². The molecule has 0 unspecified atom stereocenters. The molecule has 1 heterocycles. The third kappa shape index (κ3) is 4.16. The van der Waals surface area contributed by atoms with Gasteiger partial charge < -0.3 is 22.1 Å². The number of sulfone groups is 1. The number of nitrogens with two attached hydrogens (primary N) is 3. The van der Waals surface area contributed by atoms with Crippen LogP contribution in [-0.4, -0.2) is 45.7 Å². The molecule has 2 rings (SSSR count). The smallest absolute Gasteiger partial charge is 0.281 e. The first-order valence-corrected chi connectivity index (χ1v) is 9.54. The maximum Gasteiger partial charge on any atom is 0.281 e. The quantitative estimate of drug-likeness (QED) is 0.502. The van der Waals surface area contributed by atoms with Crippen molar-refractivity contribution in [3.63, 3.8) is 0 Å². The van der Waals surface area contributed by atoms with Gasteiger partial charge in [-0.3, -0.25) is 4.79 Å². The number of amides is 1. The summed E-state index contributed by atoms with van der Waals surface area (Å²) >= 11 is 6.16. The second kappa shape index (κ2) is 6.96. The zero-order valence-corrected chi connectivity index (χ0v) is 14.8. The van der Waals surface area contributed by atoms with Gasteiger partial charge in [-0.25, -0.2) is 8.42 Å². The number of benzene rings is 1. The lowest BCUT2D eigenvalue weighted by Gasteiger charge is -2.33. The van der Waals surface area contributed by atoms with E-state index < -0.39 is 21.7 Å². The van der Waals surface area contributed by atoms with Crippen molar-refractivity contribution >= 4 is 39.0 Å². The molecule has 1 aliphatic rings. The number of guanidine groups is 1. The molecule has 0 saturated carbocycles. The van der Waals surface area contributed by atoms with Gasteiger partial charge in [0.1, 0.15) is 0 Å². The molecule has 10 heteroatoms. The van der Waals surface area contributed by atoms with E-state index in [0.29, 0.717) is 18.8 Å². The lowest BCUT2D eigenvalue weighted by atomic mass is 10.0. The molecule has 0 aromatic heterocycles. The van der Waals surface area contributed by atoms with Gasteiger partial charge in [0.25, 0.3) is 5.91 Å². The molecule has 0 radical (unpaired) electrons. The summed E-state index contributed by atoms with van der Waals surface area (Å²) < 4.78 is 24.4. The van der Waals surface area contributed by atoms with Crippen LogP contribution in [-0.2, 0) is 9.84 Å². The van der Waals surface area contributed by atoms with Crippen LogP contribution in [0.3, 0.4) is 0 Å². The van der Waals surface area contributed by atoms with E-state index in [0.717, 1.165) is 19.1 Å². The topological polar surface area (TPSA) is 145 Å². The molecule has 1 fully saturated rings. The molecule has 0 aliphatic carbocycles. The van der Waals surface area contributed by atoms with Gasteiger partial charge in [0.2, 0.25) is 0 Å². The Morgan fingerprint density at radius 1 is 1.29 bits per heavy atom. The minimum atomic E-state index is -3.59. The molecular formula is C14H20ClN5O3S. The lowest BCUT2D eigenvalue weighted by Crippen LogP contribution is -2.40. The van der Waals surface area contributed by atoms with Crippen molar-refractivity contribution in [1.82, 2.24) is 0 Å². The number of carbonyl (C=O) groups is 1. The van der Waals surface area contributed by atoms with Crippen LogP contribution in [0.15, 0.2) is 22.0 Å². The molecule has 1 aromatic carbocycles. The predicted octanol–water partition coefficient (Wildman–Crippen LogP) is 0.0846. The second-order valence-electron chi connectivity index (χ2n) is 5.74. The van der Waals surface area contributed by atoms with Crippen molar-refractivity contribution in [2.75, 3.05) is 24.2 Å². The Morgan fingerprint density at radius 2 is 1.88 bits per heavy atom. The van der Waals surface area contributed by atoms with E-state index in [1.165, 1.54) is 12.1 Å². The van der Waals surface area contributed by atoms with Crippen molar-refractivity contribution < 1.29 is 13.2 Å². The molecule has 1 aromatic rings. The average Bonchev–Trinajstić information content (AvgIpc) is 2.45. The number of rotatable bonds is 3. The highest BCUT2D eigenvalue weighted by molar-refractivity contribution is 7.90. The standard InChI is InChI=1S/C14H20ClN5O3S/c1-24(22,23)12-6-9(13(21)19-14(17)18)10(15)7-11(12)20-4-2-8(16)3-5-20/h6-8H,2-5,16H2,1H3,(H4,17,18,19,21). The van der Waals surface area contributed by atoms with Crippen LogP contribution in [0.2, 0.25) is 5.02 Å². The summed E-state index contributed by atoms with van der Waals surface area (Å²) in [5, 5.41) is 0.0854. The number of carbonyl (C=O) groups excluding carboxylic acids is 1. The van der Waals surface area contributed by atoms with Crippen LogP contribution in [0.1, 0.15) is 23.2 Å². The number of anilines is 1. The Hall–Kier alpha value is -1.84. The molecule has 0 atom stereocenters. The first-order valence-electron chi connectivity index (χ1n) is 7.27. The third-order valence-corrected chi connectivity index (χ3v) is 5.23. The van der Waals surface area contributed by atoms with Crippen molar-refractivity contribution in [3.8, 4) is 0 Å². The molecular weight excluding hydrogens is 354 g/mol. The average molecular weight is 374 g/mol. The minimum Gasteiger partial charge on any atom is -0.370 e. The van der Waals surface area contributed by atoms with Gasteiger partial charge in [-0.05, 0) is 25.0 Å². The monoisotopic (exact) mass is 373 g/mol. The van der Waals surface area contributed by atoms with E-state index >= 15 is 0 Å². The highest BCUT2D eigenvalue weighted by atomic mass is 35.5. The van der Waals surface area contributed by atoms with E-state index in [-0.39, 0.29) is 21.5 Å².